The first-order chi connectivity index (χ1) is 11.9. The van der Waals surface area contributed by atoms with Crippen molar-refractivity contribution in [3.8, 4) is 11.3 Å². The number of hydrogen-bond acceptors (Lipinski definition) is 4. The number of nitrogens with zero attached hydrogens (tertiary/aromatic N) is 1. The minimum Gasteiger partial charge on any atom is -0.364 e. The Morgan fingerprint density at radius 1 is 1.28 bits per heavy atom. The Morgan fingerprint density at radius 2 is 2.00 bits per heavy atom. The quantitative estimate of drug-likeness (QED) is 0.614. The minimum absolute atomic E-state index is 0.0450. The van der Waals surface area contributed by atoms with Crippen LogP contribution in [0.25, 0.3) is 11.3 Å². The molecule has 0 saturated heterocycles. The molecule has 2 amide bonds. The van der Waals surface area contributed by atoms with Gasteiger partial charge in [0.15, 0.2) is 5.13 Å². The molecule has 2 heterocycles. The van der Waals surface area contributed by atoms with E-state index in [0.717, 1.165) is 0 Å². The van der Waals surface area contributed by atoms with E-state index in [4.69, 9.17) is 28.9 Å². The maximum atomic E-state index is 12.2. The number of nitrogens with one attached hydrogen (secondary N) is 2. The average molecular weight is 395 g/mol. The SMILES string of the molecule is NC(=O)c1cc(-c2csc(NC(=O)Cc3c(Cl)cccc3Cl)n2)c[nH]1. The van der Waals surface area contributed by atoms with Crippen LogP contribution in [0.1, 0.15) is 16.1 Å². The van der Waals surface area contributed by atoms with E-state index in [1.165, 1.54) is 11.3 Å². The maximum Gasteiger partial charge on any atom is 0.265 e. The van der Waals surface area contributed by atoms with Gasteiger partial charge in [-0.2, -0.15) is 0 Å². The summed E-state index contributed by atoms with van der Waals surface area (Å²) >= 11 is 13.4. The lowest BCUT2D eigenvalue weighted by molar-refractivity contribution is -0.115. The van der Waals surface area contributed by atoms with E-state index >= 15 is 0 Å². The monoisotopic (exact) mass is 394 g/mol. The van der Waals surface area contributed by atoms with Crippen LogP contribution in [0.3, 0.4) is 0 Å². The van der Waals surface area contributed by atoms with Gasteiger partial charge in [-0.1, -0.05) is 29.3 Å². The molecule has 0 aliphatic heterocycles. The van der Waals surface area contributed by atoms with Gasteiger partial charge in [0.05, 0.1) is 12.1 Å². The number of carbonyl (C=O) groups excluding carboxylic acids is 2. The average Bonchev–Trinajstić information content (AvgIpc) is 3.20. The fraction of sp³-hybridized carbons (Fsp3) is 0.0625. The number of carbonyl (C=O) groups is 2. The van der Waals surface area contributed by atoms with Crippen LogP contribution in [0.2, 0.25) is 10.0 Å². The van der Waals surface area contributed by atoms with E-state index in [9.17, 15) is 9.59 Å². The van der Waals surface area contributed by atoms with Crippen LogP contribution in [0, 0.1) is 0 Å². The molecule has 6 nitrogen and oxygen atoms in total. The number of H-pyrrole nitrogens is 1. The summed E-state index contributed by atoms with van der Waals surface area (Å²) in [5.74, 6) is -0.825. The van der Waals surface area contributed by atoms with Gasteiger partial charge in [-0.25, -0.2) is 4.98 Å². The molecule has 0 atom stereocenters. The third kappa shape index (κ3) is 4.01. The van der Waals surface area contributed by atoms with E-state index in [1.807, 2.05) is 0 Å². The van der Waals surface area contributed by atoms with E-state index in [0.29, 0.717) is 37.7 Å². The number of anilines is 1. The van der Waals surface area contributed by atoms with Gasteiger partial charge < -0.3 is 16.0 Å². The van der Waals surface area contributed by atoms with Crippen LogP contribution in [0.15, 0.2) is 35.8 Å². The molecule has 0 spiro atoms. The molecule has 2 aromatic heterocycles. The number of aromatic nitrogens is 2. The number of aromatic amines is 1. The highest BCUT2D eigenvalue weighted by atomic mass is 35.5. The predicted molar refractivity (Wildman–Crippen MR) is 99.2 cm³/mol. The van der Waals surface area contributed by atoms with Gasteiger partial charge in [-0.05, 0) is 23.8 Å². The standard InChI is InChI=1S/C16H12Cl2N4O2S/c17-10-2-1-3-11(18)9(10)5-14(23)22-16-21-13(7-25-16)8-4-12(15(19)24)20-6-8/h1-4,6-7,20H,5H2,(H2,19,24)(H,21,22,23). The van der Waals surface area contributed by atoms with Gasteiger partial charge in [-0.3, -0.25) is 9.59 Å². The van der Waals surface area contributed by atoms with Crippen LogP contribution in [-0.4, -0.2) is 21.8 Å². The maximum absolute atomic E-state index is 12.2. The molecule has 0 fully saturated rings. The summed E-state index contributed by atoms with van der Waals surface area (Å²) in [5, 5.41) is 5.80. The highest BCUT2D eigenvalue weighted by Gasteiger charge is 2.14. The molecule has 0 unspecified atom stereocenters. The third-order valence-electron chi connectivity index (χ3n) is 3.39. The molecule has 128 valence electrons. The van der Waals surface area contributed by atoms with Gasteiger partial charge in [0.25, 0.3) is 5.91 Å². The number of amides is 2. The van der Waals surface area contributed by atoms with E-state index < -0.39 is 5.91 Å². The first kappa shape index (κ1) is 17.5. The first-order valence-corrected chi connectivity index (χ1v) is 8.74. The summed E-state index contributed by atoms with van der Waals surface area (Å²) in [6, 6.07) is 6.68. The molecular weight excluding hydrogens is 383 g/mol. The summed E-state index contributed by atoms with van der Waals surface area (Å²) in [7, 11) is 0. The van der Waals surface area contributed by atoms with Crippen molar-refractivity contribution in [1.29, 1.82) is 0 Å². The number of hydrogen-bond donors (Lipinski definition) is 3. The molecule has 3 aromatic rings. The summed E-state index contributed by atoms with van der Waals surface area (Å²) in [4.78, 5) is 30.4. The molecule has 3 rings (SSSR count). The number of rotatable bonds is 5. The Balaban J connectivity index is 1.70. The lowest BCUT2D eigenvalue weighted by Crippen LogP contribution is -2.14. The fourth-order valence-electron chi connectivity index (χ4n) is 2.17. The van der Waals surface area contributed by atoms with Gasteiger partial charge >= 0.3 is 0 Å². The van der Waals surface area contributed by atoms with Crippen molar-refractivity contribution in [2.24, 2.45) is 5.73 Å². The Bertz CT molecular complexity index is 931. The van der Waals surface area contributed by atoms with Crippen molar-refractivity contribution in [3.05, 3.63) is 57.1 Å². The molecular formula is C16H12Cl2N4O2S. The second-order valence-corrected chi connectivity index (χ2v) is 6.80. The third-order valence-corrected chi connectivity index (χ3v) is 4.86. The largest absolute Gasteiger partial charge is 0.364 e. The summed E-state index contributed by atoms with van der Waals surface area (Å²) < 4.78 is 0. The number of primary amides is 1. The Morgan fingerprint density at radius 3 is 2.64 bits per heavy atom. The molecule has 4 N–H and O–H groups in total. The zero-order valence-electron chi connectivity index (χ0n) is 12.7. The fourth-order valence-corrected chi connectivity index (χ4v) is 3.44. The summed E-state index contributed by atoms with van der Waals surface area (Å²) in [6.07, 6.45) is 1.67. The highest BCUT2D eigenvalue weighted by Crippen LogP contribution is 2.27. The lowest BCUT2D eigenvalue weighted by atomic mass is 10.1. The van der Waals surface area contributed by atoms with E-state index in [-0.39, 0.29) is 12.3 Å². The first-order valence-electron chi connectivity index (χ1n) is 7.11. The molecule has 1 aromatic carbocycles. The van der Waals surface area contributed by atoms with Gasteiger partial charge in [-0.15, -0.1) is 11.3 Å². The van der Waals surface area contributed by atoms with E-state index in [2.05, 4.69) is 15.3 Å². The number of nitrogens with two attached hydrogens (primary N) is 1. The highest BCUT2D eigenvalue weighted by molar-refractivity contribution is 7.14. The van der Waals surface area contributed by atoms with Crippen molar-refractivity contribution in [1.82, 2.24) is 9.97 Å². The van der Waals surface area contributed by atoms with Crippen LogP contribution < -0.4 is 11.1 Å². The van der Waals surface area contributed by atoms with Gasteiger partial charge in [0, 0.05) is 27.2 Å². The molecule has 0 aliphatic rings. The second-order valence-electron chi connectivity index (χ2n) is 5.13. The van der Waals surface area contributed by atoms with E-state index in [1.54, 1.807) is 35.8 Å². The molecule has 0 saturated carbocycles. The van der Waals surface area contributed by atoms with Crippen molar-refractivity contribution in [3.63, 3.8) is 0 Å². The van der Waals surface area contributed by atoms with Crippen LogP contribution >= 0.6 is 34.5 Å². The second kappa shape index (κ2) is 7.26. The zero-order chi connectivity index (χ0) is 18.0. The van der Waals surface area contributed by atoms with Crippen molar-refractivity contribution < 1.29 is 9.59 Å². The Labute approximate surface area is 157 Å². The Hall–Kier alpha value is -2.35. The molecule has 9 heteroatoms. The van der Waals surface area contributed by atoms with Crippen LogP contribution in [-0.2, 0) is 11.2 Å². The number of thiazole rings is 1. The smallest absolute Gasteiger partial charge is 0.265 e. The van der Waals surface area contributed by atoms with Crippen molar-refractivity contribution in [2.75, 3.05) is 5.32 Å². The summed E-state index contributed by atoms with van der Waals surface area (Å²) in [5.41, 5.74) is 7.40. The van der Waals surface area contributed by atoms with Crippen molar-refractivity contribution >= 4 is 51.5 Å². The molecule has 0 radical (unpaired) electrons. The number of halogens is 2. The van der Waals surface area contributed by atoms with Crippen molar-refractivity contribution in [2.45, 2.75) is 6.42 Å². The van der Waals surface area contributed by atoms with Crippen LogP contribution in [0.4, 0.5) is 5.13 Å². The lowest BCUT2D eigenvalue weighted by Gasteiger charge is -2.06. The predicted octanol–water partition coefficient (Wildman–Crippen LogP) is 3.73. The minimum atomic E-state index is -0.549. The molecule has 25 heavy (non-hydrogen) atoms. The Kier molecular flexibility index (Phi) is 5.08. The number of benzene rings is 1. The topological polar surface area (TPSA) is 101 Å². The van der Waals surface area contributed by atoms with Crippen LogP contribution in [0.5, 0.6) is 0 Å². The summed E-state index contributed by atoms with van der Waals surface area (Å²) in [6.45, 7) is 0. The zero-order valence-corrected chi connectivity index (χ0v) is 15.0. The molecule has 0 aliphatic carbocycles. The van der Waals surface area contributed by atoms with Gasteiger partial charge in [0.2, 0.25) is 5.91 Å². The normalized spacial score (nSPS) is 10.6. The molecule has 0 bridgehead atoms. The van der Waals surface area contributed by atoms with Gasteiger partial charge in [0.1, 0.15) is 5.69 Å².